The Morgan fingerprint density at radius 2 is 1.72 bits per heavy atom. The molecule has 18 heavy (non-hydrogen) atoms. The highest BCUT2D eigenvalue weighted by molar-refractivity contribution is 5.85. The Kier molecular flexibility index (Phi) is 7.68. The van der Waals surface area contributed by atoms with Crippen LogP contribution in [0.25, 0.3) is 0 Å². The van der Waals surface area contributed by atoms with E-state index >= 15 is 0 Å². The minimum atomic E-state index is 0. The number of carbonyl (C=O) groups is 1. The first-order chi connectivity index (χ1) is 8.36. The minimum Gasteiger partial charge on any atom is -0.343 e. The molecule has 2 aliphatic rings. The molecule has 0 aromatic rings. The van der Waals surface area contributed by atoms with Gasteiger partial charge in [-0.2, -0.15) is 0 Å². The van der Waals surface area contributed by atoms with E-state index in [4.69, 9.17) is 0 Å². The summed E-state index contributed by atoms with van der Waals surface area (Å²) in [5.41, 5.74) is 0. The number of carbonyl (C=O) groups excluding carboxylic acids is 1. The predicted octanol–water partition coefficient (Wildman–Crippen LogP) is 2.73. The zero-order chi connectivity index (χ0) is 11.9. The van der Waals surface area contributed by atoms with E-state index in [0.717, 1.165) is 32.5 Å². The summed E-state index contributed by atoms with van der Waals surface area (Å²) in [4.78, 5) is 14.2. The van der Waals surface area contributed by atoms with Crippen LogP contribution in [0.1, 0.15) is 57.8 Å². The Labute approximate surface area is 117 Å². The van der Waals surface area contributed by atoms with Crippen LogP contribution in [0.15, 0.2) is 0 Å². The summed E-state index contributed by atoms with van der Waals surface area (Å²) in [5, 5.41) is 3.47. The number of rotatable bonds is 3. The SMILES string of the molecule is Cl.O=C(CCC1CCCN1)N1CCCCCCC1. The molecule has 1 atom stereocenters. The predicted molar refractivity (Wildman–Crippen MR) is 77.2 cm³/mol. The average molecular weight is 275 g/mol. The van der Waals surface area contributed by atoms with E-state index in [1.807, 2.05) is 0 Å². The topological polar surface area (TPSA) is 32.3 Å². The van der Waals surface area contributed by atoms with E-state index in [-0.39, 0.29) is 12.4 Å². The highest BCUT2D eigenvalue weighted by atomic mass is 35.5. The Morgan fingerprint density at radius 1 is 1.06 bits per heavy atom. The molecular formula is C14H27ClN2O. The maximum atomic E-state index is 12.1. The fourth-order valence-electron chi connectivity index (χ4n) is 2.96. The van der Waals surface area contributed by atoms with Gasteiger partial charge in [0.15, 0.2) is 0 Å². The molecule has 2 aliphatic heterocycles. The number of hydrogen-bond donors (Lipinski definition) is 1. The third-order valence-electron chi connectivity index (χ3n) is 4.08. The average Bonchev–Trinajstić information content (AvgIpc) is 2.78. The second-order valence-electron chi connectivity index (χ2n) is 5.48. The van der Waals surface area contributed by atoms with Gasteiger partial charge in [-0.1, -0.05) is 19.3 Å². The van der Waals surface area contributed by atoms with Crippen LogP contribution in [0.5, 0.6) is 0 Å². The van der Waals surface area contributed by atoms with Crippen LogP contribution in [0.2, 0.25) is 0 Å². The summed E-state index contributed by atoms with van der Waals surface area (Å²) < 4.78 is 0. The van der Waals surface area contributed by atoms with Crippen LogP contribution in [-0.4, -0.2) is 36.5 Å². The van der Waals surface area contributed by atoms with Crippen molar-refractivity contribution >= 4 is 18.3 Å². The highest BCUT2D eigenvalue weighted by Crippen LogP contribution is 2.14. The first-order valence-corrected chi connectivity index (χ1v) is 7.37. The van der Waals surface area contributed by atoms with Gasteiger partial charge in [-0.15, -0.1) is 12.4 Å². The molecule has 0 saturated carbocycles. The smallest absolute Gasteiger partial charge is 0.222 e. The fraction of sp³-hybridized carbons (Fsp3) is 0.929. The highest BCUT2D eigenvalue weighted by Gasteiger charge is 2.18. The largest absolute Gasteiger partial charge is 0.343 e. The normalized spacial score (nSPS) is 25.1. The van der Waals surface area contributed by atoms with Crippen molar-refractivity contribution < 1.29 is 4.79 Å². The van der Waals surface area contributed by atoms with Crippen molar-refractivity contribution in [1.29, 1.82) is 0 Å². The second-order valence-corrected chi connectivity index (χ2v) is 5.48. The van der Waals surface area contributed by atoms with Crippen LogP contribution in [0.3, 0.4) is 0 Å². The molecule has 2 fully saturated rings. The summed E-state index contributed by atoms with van der Waals surface area (Å²) in [6.07, 6.45) is 10.7. The zero-order valence-corrected chi connectivity index (χ0v) is 12.1. The van der Waals surface area contributed by atoms with Crippen LogP contribution < -0.4 is 5.32 Å². The lowest BCUT2D eigenvalue weighted by Crippen LogP contribution is -2.34. The Morgan fingerprint density at radius 3 is 2.33 bits per heavy atom. The van der Waals surface area contributed by atoms with Crippen molar-refractivity contribution in [1.82, 2.24) is 10.2 Å². The van der Waals surface area contributed by atoms with Crippen LogP contribution in [-0.2, 0) is 4.79 Å². The quantitative estimate of drug-likeness (QED) is 0.858. The molecule has 0 bridgehead atoms. The summed E-state index contributed by atoms with van der Waals surface area (Å²) in [7, 11) is 0. The number of nitrogens with zero attached hydrogens (tertiary/aromatic N) is 1. The summed E-state index contributed by atoms with van der Waals surface area (Å²) in [5.74, 6) is 0.389. The van der Waals surface area contributed by atoms with Crippen molar-refractivity contribution in [2.75, 3.05) is 19.6 Å². The van der Waals surface area contributed by atoms with Crippen LogP contribution in [0.4, 0.5) is 0 Å². The Balaban J connectivity index is 0.00000162. The zero-order valence-electron chi connectivity index (χ0n) is 11.3. The number of hydrogen-bond acceptors (Lipinski definition) is 2. The lowest BCUT2D eigenvalue weighted by Gasteiger charge is -2.25. The lowest BCUT2D eigenvalue weighted by atomic mass is 10.1. The maximum absolute atomic E-state index is 12.1. The molecule has 2 heterocycles. The van der Waals surface area contributed by atoms with E-state index in [2.05, 4.69) is 10.2 Å². The number of nitrogens with one attached hydrogen (secondary N) is 1. The minimum absolute atomic E-state index is 0. The molecule has 1 unspecified atom stereocenters. The van der Waals surface area contributed by atoms with Crippen molar-refractivity contribution in [3.63, 3.8) is 0 Å². The van der Waals surface area contributed by atoms with Crippen LogP contribution >= 0.6 is 12.4 Å². The van der Waals surface area contributed by atoms with Crippen molar-refractivity contribution in [3.8, 4) is 0 Å². The molecule has 1 N–H and O–H groups in total. The first-order valence-electron chi connectivity index (χ1n) is 7.37. The van der Waals surface area contributed by atoms with Gasteiger partial charge in [0.2, 0.25) is 5.91 Å². The van der Waals surface area contributed by atoms with Crippen molar-refractivity contribution in [3.05, 3.63) is 0 Å². The molecule has 4 heteroatoms. The van der Waals surface area contributed by atoms with Gasteiger partial charge in [-0.25, -0.2) is 0 Å². The molecule has 2 rings (SSSR count). The van der Waals surface area contributed by atoms with E-state index in [1.54, 1.807) is 0 Å². The van der Waals surface area contributed by atoms with Crippen molar-refractivity contribution in [2.45, 2.75) is 63.8 Å². The summed E-state index contributed by atoms with van der Waals surface area (Å²) in [6, 6.07) is 0.605. The molecule has 0 aromatic carbocycles. The van der Waals surface area contributed by atoms with Gasteiger partial charge in [0.25, 0.3) is 0 Å². The van der Waals surface area contributed by atoms with Crippen LogP contribution in [0, 0.1) is 0 Å². The van der Waals surface area contributed by atoms with E-state index in [0.29, 0.717) is 11.9 Å². The Bertz CT molecular complexity index is 234. The molecule has 106 valence electrons. The van der Waals surface area contributed by atoms with E-state index in [9.17, 15) is 4.79 Å². The second kappa shape index (κ2) is 8.76. The third kappa shape index (κ3) is 5.15. The molecule has 1 amide bonds. The number of amides is 1. The van der Waals surface area contributed by atoms with E-state index in [1.165, 1.54) is 44.9 Å². The summed E-state index contributed by atoms with van der Waals surface area (Å²) in [6.45, 7) is 3.14. The standard InChI is InChI=1S/C14H26N2O.ClH/c17-14(9-8-13-7-6-10-15-13)16-11-4-2-1-3-5-12-16;/h13,15H,1-12H2;1H. The van der Waals surface area contributed by atoms with Gasteiger partial charge in [-0.3, -0.25) is 4.79 Å². The lowest BCUT2D eigenvalue weighted by molar-refractivity contribution is -0.131. The molecule has 0 spiro atoms. The van der Waals surface area contributed by atoms with Crippen molar-refractivity contribution in [2.24, 2.45) is 0 Å². The maximum Gasteiger partial charge on any atom is 0.222 e. The molecule has 0 aliphatic carbocycles. The molecule has 0 aromatic heterocycles. The van der Waals surface area contributed by atoms with Gasteiger partial charge in [0, 0.05) is 25.6 Å². The number of likely N-dealkylation sites (tertiary alicyclic amines) is 1. The monoisotopic (exact) mass is 274 g/mol. The first kappa shape index (κ1) is 15.8. The summed E-state index contributed by atoms with van der Waals surface area (Å²) >= 11 is 0. The Hall–Kier alpha value is -0.280. The van der Waals surface area contributed by atoms with Gasteiger partial charge < -0.3 is 10.2 Å². The molecule has 0 radical (unpaired) electrons. The van der Waals surface area contributed by atoms with E-state index < -0.39 is 0 Å². The number of halogens is 1. The molecule has 3 nitrogen and oxygen atoms in total. The van der Waals surface area contributed by atoms with Gasteiger partial charge in [-0.05, 0) is 38.6 Å². The van der Waals surface area contributed by atoms with Gasteiger partial charge >= 0.3 is 0 Å². The van der Waals surface area contributed by atoms with Gasteiger partial charge in [0.1, 0.15) is 0 Å². The fourth-order valence-corrected chi connectivity index (χ4v) is 2.96. The molecule has 2 saturated heterocycles. The third-order valence-corrected chi connectivity index (χ3v) is 4.08. The molecular weight excluding hydrogens is 248 g/mol. The van der Waals surface area contributed by atoms with Gasteiger partial charge in [0.05, 0.1) is 0 Å².